The van der Waals surface area contributed by atoms with Gasteiger partial charge in [-0.1, -0.05) is 36.4 Å². The summed E-state index contributed by atoms with van der Waals surface area (Å²) in [4.78, 5) is 6.35. The first-order chi connectivity index (χ1) is 9.42. The van der Waals surface area contributed by atoms with Crippen LogP contribution < -0.4 is 0 Å². The monoisotopic (exact) mass is 284 g/mol. The minimum Gasteiger partial charge on any atom is -0.369 e. The van der Waals surface area contributed by atoms with Crippen LogP contribution in [-0.2, 0) is 6.54 Å². The molecular weight excluding hydrogens is 268 g/mol. The number of rotatable bonds is 3. The minimum atomic E-state index is 0. The molecule has 0 bridgehead atoms. The zero-order valence-corrected chi connectivity index (χ0v) is 12.0. The van der Waals surface area contributed by atoms with Crippen molar-refractivity contribution in [3.63, 3.8) is 0 Å². The average Bonchev–Trinajstić information content (AvgIpc) is 2.50. The van der Waals surface area contributed by atoms with Gasteiger partial charge in [0, 0.05) is 31.7 Å². The summed E-state index contributed by atoms with van der Waals surface area (Å²) >= 11 is 0. The number of benzene rings is 1. The van der Waals surface area contributed by atoms with Gasteiger partial charge in [-0.25, -0.2) is 0 Å². The SMILES string of the molecule is C1=CN(Cc2ccccc2)CC=C1c1ccncc1.Cl. The molecule has 0 saturated carbocycles. The summed E-state index contributed by atoms with van der Waals surface area (Å²) in [5, 5.41) is 0. The molecule has 0 amide bonds. The van der Waals surface area contributed by atoms with Gasteiger partial charge in [0.2, 0.25) is 0 Å². The van der Waals surface area contributed by atoms with Gasteiger partial charge in [-0.3, -0.25) is 4.98 Å². The molecule has 0 spiro atoms. The Balaban J connectivity index is 0.00000147. The van der Waals surface area contributed by atoms with Crippen LogP contribution in [0.5, 0.6) is 0 Å². The van der Waals surface area contributed by atoms with Crippen LogP contribution in [0.15, 0.2) is 73.2 Å². The smallest absolute Gasteiger partial charge is 0.0427 e. The number of allylic oxidation sites excluding steroid dienone is 2. The Kier molecular flexibility index (Phi) is 4.97. The lowest BCUT2D eigenvalue weighted by Gasteiger charge is -2.22. The van der Waals surface area contributed by atoms with Crippen molar-refractivity contribution < 1.29 is 0 Å². The Labute approximate surface area is 125 Å². The Morgan fingerprint density at radius 1 is 1.00 bits per heavy atom. The highest BCUT2D eigenvalue weighted by molar-refractivity contribution is 5.85. The molecule has 102 valence electrons. The van der Waals surface area contributed by atoms with Crippen molar-refractivity contribution in [3.8, 4) is 0 Å². The van der Waals surface area contributed by atoms with Gasteiger partial charge in [0.15, 0.2) is 0 Å². The van der Waals surface area contributed by atoms with E-state index in [1.54, 1.807) is 0 Å². The van der Waals surface area contributed by atoms with Crippen molar-refractivity contribution in [3.05, 3.63) is 84.3 Å². The third-order valence-corrected chi connectivity index (χ3v) is 3.25. The summed E-state index contributed by atoms with van der Waals surface area (Å²) in [6, 6.07) is 14.6. The topological polar surface area (TPSA) is 16.1 Å². The Hall–Kier alpha value is -2.06. The average molecular weight is 285 g/mol. The largest absolute Gasteiger partial charge is 0.369 e. The second-order valence-corrected chi connectivity index (χ2v) is 4.63. The number of nitrogens with zero attached hydrogens (tertiary/aromatic N) is 2. The summed E-state index contributed by atoms with van der Waals surface area (Å²) in [6.45, 7) is 1.90. The molecule has 2 heterocycles. The molecule has 3 heteroatoms. The summed E-state index contributed by atoms with van der Waals surface area (Å²) in [7, 11) is 0. The second kappa shape index (κ2) is 6.92. The van der Waals surface area contributed by atoms with Crippen LogP contribution >= 0.6 is 12.4 Å². The summed E-state index contributed by atoms with van der Waals surface area (Å²) in [5.74, 6) is 0. The zero-order valence-electron chi connectivity index (χ0n) is 11.1. The number of hydrogen-bond donors (Lipinski definition) is 0. The highest BCUT2D eigenvalue weighted by Crippen LogP contribution is 2.19. The molecule has 0 radical (unpaired) electrons. The van der Waals surface area contributed by atoms with Gasteiger partial charge in [-0.2, -0.15) is 0 Å². The summed E-state index contributed by atoms with van der Waals surface area (Å²) in [6.07, 6.45) is 10.3. The molecule has 0 atom stereocenters. The van der Waals surface area contributed by atoms with Crippen LogP contribution in [0.4, 0.5) is 0 Å². The minimum absolute atomic E-state index is 0. The van der Waals surface area contributed by atoms with E-state index in [2.05, 4.69) is 58.6 Å². The third-order valence-electron chi connectivity index (χ3n) is 3.25. The van der Waals surface area contributed by atoms with Crippen LogP contribution in [-0.4, -0.2) is 16.4 Å². The van der Waals surface area contributed by atoms with Crippen LogP contribution in [0.1, 0.15) is 11.1 Å². The Bertz CT molecular complexity index is 591. The van der Waals surface area contributed by atoms with Crippen LogP contribution in [0.3, 0.4) is 0 Å². The second-order valence-electron chi connectivity index (χ2n) is 4.63. The van der Waals surface area contributed by atoms with Gasteiger partial charge in [0.1, 0.15) is 0 Å². The van der Waals surface area contributed by atoms with Crippen molar-refractivity contribution in [2.75, 3.05) is 6.54 Å². The highest BCUT2D eigenvalue weighted by Gasteiger charge is 2.06. The molecule has 2 nitrogen and oxygen atoms in total. The molecule has 0 unspecified atom stereocenters. The molecule has 20 heavy (non-hydrogen) atoms. The van der Waals surface area contributed by atoms with Crippen molar-refractivity contribution in [1.29, 1.82) is 0 Å². The van der Waals surface area contributed by atoms with Crippen LogP contribution in [0, 0.1) is 0 Å². The molecule has 0 aliphatic carbocycles. The van der Waals surface area contributed by atoms with Gasteiger partial charge in [-0.05, 0) is 34.9 Å². The number of aromatic nitrogens is 1. The molecule has 1 aliphatic heterocycles. The van der Waals surface area contributed by atoms with Gasteiger partial charge in [0.25, 0.3) is 0 Å². The van der Waals surface area contributed by atoms with E-state index in [4.69, 9.17) is 0 Å². The maximum Gasteiger partial charge on any atom is 0.0427 e. The van der Waals surface area contributed by atoms with E-state index in [9.17, 15) is 0 Å². The predicted octanol–water partition coefficient (Wildman–Crippen LogP) is 3.92. The normalized spacial score (nSPS) is 13.6. The van der Waals surface area contributed by atoms with E-state index in [0.717, 1.165) is 13.1 Å². The van der Waals surface area contributed by atoms with Crippen LogP contribution in [0.25, 0.3) is 5.57 Å². The molecule has 0 N–H and O–H groups in total. The van der Waals surface area contributed by atoms with Crippen molar-refractivity contribution in [2.24, 2.45) is 0 Å². The van der Waals surface area contributed by atoms with Gasteiger partial charge in [0.05, 0.1) is 0 Å². The van der Waals surface area contributed by atoms with Gasteiger partial charge >= 0.3 is 0 Å². The molecule has 2 aromatic rings. The highest BCUT2D eigenvalue weighted by atomic mass is 35.5. The van der Waals surface area contributed by atoms with E-state index in [0.29, 0.717) is 0 Å². The van der Waals surface area contributed by atoms with Crippen molar-refractivity contribution in [1.82, 2.24) is 9.88 Å². The molecular formula is C17H17ClN2. The quantitative estimate of drug-likeness (QED) is 0.849. The number of halogens is 1. The van der Waals surface area contributed by atoms with E-state index < -0.39 is 0 Å². The fourth-order valence-corrected chi connectivity index (χ4v) is 2.22. The van der Waals surface area contributed by atoms with Crippen molar-refractivity contribution in [2.45, 2.75) is 6.54 Å². The Morgan fingerprint density at radius 3 is 2.40 bits per heavy atom. The zero-order chi connectivity index (χ0) is 12.9. The summed E-state index contributed by atoms with van der Waals surface area (Å²) < 4.78 is 0. The first-order valence-corrected chi connectivity index (χ1v) is 6.48. The van der Waals surface area contributed by atoms with E-state index in [1.807, 2.05) is 24.5 Å². The van der Waals surface area contributed by atoms with Crippen molar-refractivity contribution >= 4 is 18.0 Å². The lowest BCUT2D eigenvalue weighted by Crippen LogP contribution is -2.19. The number of hydrogen-bond acceptors (Lipinski definition) is 2. The van der Waals surface area contributed by atoms with E-state index in [-0.39, 0.29) is 12.4 Å². The van der Waals surface area contributed by atoms with Gasteiger partial charge in [-0.15, -0.1) is 12.4 Å². The first-order valence-electron chi connectivity index (χ1n) is 6.48. The van der Waals surface area contributed by atoms with Gasteiger partial charge < -0.3 is 4.90 Å². The molecule has 1 aliphatic rings. The first kappa shape index (κ1) is 14.4. The molecule has 0 saturated heterocycles. The molecule has 1 aromatic carbocycles. The fraction of sp³-hybridized carbons (Fsp3) is 0.118. The predicted molar refractivity (Wildman–Crippen MR) is 85.5 cm³/mol. The molecule has 1 aromatic heterocycles. The Morgan fingerprint density at radius 2 is 1.75 bits per heavy atom. The maximum atomic E-state index is 4.05. The number of pyridine rings is 1. The summed E-state index contributed by atoms with van der Waals surface area (Å²) in [5.41, 5.74) is 3.84. The third kappa shape index (κ3) is 3.49. The van der Waals surface area contributed by atoms with E-state index in [1.165, 1.54) is 16.7 Å². The fourth-order valence-electron chi connectivity index (χ4n) is 2.22. The standard InChI is InChI=1S/C17H16N2.ClH/c1-2-4-15(5-3-1)14-19-12-8-17(9-13-19)16-6-10-18-11-7-16;/h1-12H,13-14H2;1H. The molecule has 3 rings (SSSR count). The lowest BCUT2D eigenvalue weighted by molar-refractivity contribution is 0.406. The van der Waals surface area contributed by atoms with Crippen LogP contribution in [0.2, 0.25) is 0 Å². The van der Waals surface area contributed by atoms with E-state index >= 15 is 0 Å². The maximum absolute atomic E-state index is 4.05. The molecule has 0 fully saturated rings. The lowest BCUT2D eigenvalue weighted by atomic mass is 10.1.